The van der Waals surface area contributed by atoms with E-state index in [0.29, 0.717) is 18.1 Å². The Labute approximate surface area is 140 Å². The van der Waals surface area contributed by atoms with Gasteiger partial charge < -0.3 is 19.0 Å². The number of rotatable bonds is 5. The van der Waals surface area contributed by atoms with Crippen LogP contribution in [0.5, 0.6) is 0 Å². The Morgan fingerprint density at radius 3 is 2.79 bits per heavy atom. The summed E-state index contributed by atoms with van der Waals surface area (Å²) < 4.78 is 16.1. The molecule has 3 atom stereocenters. The molecule has 7 heteroatoms. The van der Waals surface area contributed by atoms with Gasteiger partial charge in [-0.05, 0) is 32.9 Å². The highest BCUT2D eigenvalue weighted by Crippen LogP contribution is 2.20. The maximum Gasteiger partial charge on any atom is 0.273 e. The van der Waals surface area contributed by atoms with Crippen molar-refractivity contribution in [3.05, 3.63) is 30.2 Å². The maximum absolute atomic E-state index is 12.2. The summed E-state index contributed by atoms with van der Waals surface area (Å²) in [4.78, 5) is 14.6. The van der Waals surface area contributed by atoms with E-state index in [1.165, 1.54) is 0 Å². The van der Waals surface area contributed by atoms with Crippen molar-refractivity contribution >= 4 is 5.91 Å². The Kier molecular flexibility index (Phi) is 5.01. The third-order valence-electron chi connectivity index (χ3n) is 4.14. The lowest BCUT2D eigenvalue weighted by atomic mass is 10.1. The molecule has 1 saturated heterocycles. The number of morpholine rings is 1. The van der Waals surface area contributed by atoms with E-state index in [0.717, 1.165) is 13.1 Å². The molecule has 130 valence electrons. The first kappa shape index (κ1) is 16.7. The molecule has 24 heavy (non-hydrogen) atoms. The molecule has 2 aromatic rings. The second-order valence-corrected chi connectivity index (χ2v) is 6.32. The Hall–Kier alpha value is -2.12. The van der Waals surface area contributed by atoms with E-state index in [1.807, 2.05) is 0 Å². The van der Waals surface area contributed by atoms with E-state index < -0.39 is 0 Å². The minimum atomic E-state index is -0.252. The Morgan fingerprint density at radius 1 is 1.38 bits per heavy atom. The largest absolute Gasteiger partial charge is 0.461 e. The number of aromatic nitrogens is 1. The van der Waals surface area contributed by atoms with Gasteiger partial charge in [0, 0.05) is 31.7 Å². The first-order valence-electron chi connectivity index (χ1n) is 8.21. The molecule has 0 radical (unpaired) electrons. The van der Waals surface area contributed by atoms with Crippen molar-refractivity contribution in [2.75, 3.05) is 19.6 Å². The van der Waals surface area contributed by atoms with Crippen LogP contribution in [0.15, 0.2) is 33.4 Å². The number of ether oxygens (including phenoxy) is 1. The number of hydrogen-bond donors (Lipinski definition) is 1. The summed E-state index contributed by atoms with van der Waals surface area (Å²) in [6, 6.07) is 5.31. The SMILES string of the molecule is C[C@@H]1CN([C@@H](C)CNC(=O)c2cc(-c3ccco3)on2)C[C@H](C)O1. The van der Waals surface area contributed by atoms with Gasteiger partial charge in [0.2, 0.25) is 5.76 Å². The highest BCUT2D eigenvalue weighted by molar-refractivity contribution is 5.92. The predicted octanol–water partition coefficient (Wildman–Crippen LogP) is 2.16. The molecule has 1 N–H and O–H groups in total. The number of furan rings is 1. The number of nitrogens with zero attached hydrogens (tertiary/aromatic N) is 2. The van der Waals surface area contributed by atoms with Gasteiger partial charge in [-0.2, -0.15) is 0 Å². The van der Waals surface area contributed by atoms with Crippen LogP contribution in [0.2, 0.25) is 0 Å². The minimum Gasteiger partial charge on any atom is -0.461 e. The van der Waals surface area contributed by atoms with E-state index in [9.17, 15) is 4.79 Å². The molecule has 0 aliphatic carbocycles. The zero-order valence-corrected chi connectivity index (χ0v) is 14.2. The summed E-state index contributed by atoms with van der Waals surface area (Å²) in [5, 5.41) is 6.72. The highest BCUT2D eigenvalue weighted by Gasteiger charge is 2.26. The van der Waals surface area contributed by atoms with E-state index in [1.54, 1.807) is 24.5 Å². The van der Waals surface area contributed by atoms with Crippen LogP contribution >= 0.6 is 0 Å². The van der Waals surface area contributed by atoms with E-state index in [-0.39, 0.29) is 29.9 Å². The molecule has 0 saturated carbocycles. The van der Waals surface area contributed by atoms with Crippen molar-refractivity contribution in [1.82, 2.24) is 15.4 Å². The first-order chi connectivity index (χ1) is 11.5. The lowest BCUT2D eigenvalue weighted by molar-refractivity contribution is -0.0778. The van der Waals surface area contributed by atoms with Gasteiger partial charge in [0.1, 0.15) is 0 Å². The Balaban J connectivity index is 1.53. The summed E-state index contributed by atoms with van der Waals surface area (Å²) in [7, 11) is 0. The standard InChI is InChI=1S/C17H23N3O4/c1-11(20-9-12(2)23-13(3)10-20)8-18-17(21)14-7-16(24-19-14)15-5-4-6-22-15/h4-7,11-13H,8-10H2,1-3H3,(H,18,21)/t11-,12-,13+/m0/s1. The van der Waals surface area contributed by atoms with Gasteiger partial charge in [-0.25, -0.2) is 0 Å². The Morgan fingerprint density at radius 2 is 2.12 bits per heavy atom. The van der Waals surface area contributed by atoms with Gasteiger partial charge >= 0.3 is 0 Å². The quantitative estimate of drug-likeness (QED) is 0.903. The fraction of sp³-hybridized carbons (Fsp3) is 0.529. The van der Waals surface area contributed by atoms with Crippen LogP contribution in [-0.4, -0.2) is 53.8 Å². The molecule has 0 bridgehead atoms. The normalized spacial score (nSPS) is 23.1. The van der Waals surface area contributed by atoms with Crippen LogP contribution in [0.25, 0.3) is 11.5 Å². The average Bonchev–Trinajstić information content (AvgIpc) is 3.21. The molecule has 3 heterocycles. The molecule has 1 amide bonds. The monoisotopic (exact) mass is 333 g/mol. The number of hydrogen-bond acceptors (Lipinski definition) is 6. The lowest BCUT2D eigenvalue weighted by Crippen LogP contribution is -2.52. The summed E-state index contributed by atoms with van der Waals surface area (Å²) in [5.41, 5.74) is 0.248. The summed E-state index contributed by atoms with van der Waals surface area (Å²) in [6.07, 6.45) is 1.96. The third kappa shape index (κ3) is 3.85. The van der Waals surface area contributed by atoms with Gasteiger partial charge in [0.25, 0.3) is 5.91 Å². The van der Waals surface area contributed by atoms with Crippen LogP contribution in [-0.2, 0) is 4.74 Å². The second-order valence-electron chi connectivity index (χ2n) is 6.32. The molecule has 1 fully saturated rings. The van der Waals surface area contributed by atoms with Gasteiger partial charge in [-0.1, -0.05) is 5.16 Å². The van der Waals surface area contributed by atoms with E-state index in [4.69, 9.17) is 13.7 Å². The number of nitrogens with one attached hydrogen (secondary N) is 1. The van der Waals surface area contributed by atoms with Crippen LogP contribution in [0.3, 0.4) is 0 Å². The van der Waals surface area contributed by atoms with Crippen molar-refractivity contribution in [3.8, 4) is 11.5 Å². The average molecular weight is 333 g/mol. The molecular weight excluding hydrogens is 310 g/mol. The molecule has 1 aliphatic rings. The summed E-state index contributed by atoms with van der Waals surface area (Å²) in [6.45, 7) is 8.52. The van der Waals surface area contributed by atoms with Crippen LogP contribution in [0.4, 0.5) is 0 Å². The predicted molar refractivity (Wildman–Crippen MR) is 87.6 cm³/mol. The molecule has 7 nitrogen and oxygen atoms in total. The maximum atomic E-state index is 12.2. The fourth-order valence-corrected chi connectivity index (χ4v) is 2.95. The van der Waals surface area contributed by atoms with Gasteiger partial charge in [0.15, 0.2) is 11.5 Å². The Bertz CT molecular complexity index is 657. The topological polar surface area (TPSA) is 80.7 Å². The number of amides is 1. The van der Waals surface area contributed by atoms with Crippen molar-refractivity contribution in [1.29, 1.82) is 0 Å². The van der Waals surface area contributed by atoms with E-state index >= 15 is 0 Å². The van der Waals surface area contributed by atoms with E-state index in [2.05, 4.69) is 36.1 Å². The molecule has 0 aromatic carbocycles. The molecule has 2 aromatic heterocycles. The van der Waals surface area contributed by atoms with Crippen molar-refractivity contribution in [3.63, 3.8) is 0 Å². The third-order valence-corrected chi connectivity index (χ3v) is 4.14. The molecule has 1 aliphatic heterocycles. The molecule has 3 rings (SSSR count). The second kappa shape index (κ2) is 7.19. The summed E-state index contributed by atoms with van der Waals surface area (Å²) >= 11 is 0. The summed E-state index contributed by atoms with van der Waals surface area (Å²) in [5.74, 6) is 0.734. The smallest absolute Gasteiger partial charge is 0.273 e. The van der Waals surface area contributed by atoms with Gasteiger partial charge in [0.05, 0.1) is 18.5 Å². The first-order valence-corrected chi connectivity index (χ1v) is 8.21. The minimum absolute atomic E-state index is 0.207. The molecular formula is C17H23N3O4. The van der Waals surface area contributed by atoms with Crippen molar-refractivity contribution in [2.24, 2.45) is 0 Å². The van der Waals surface area contributed by atoms with Crippen LogP contribution < -0.4 is 5.32 Å². The van der Waals surface area contributed by atoms with Crippen LogP contribution in [0, 0.1) is 0 Å². The number of carbonyl (C=O) groups excluding carboxylic acids is 1. The molecule has 0 spiro atoms. The van der Waals surface area contributed by atoms with Gasteiger partial charge in [-0.3, -0.25) is 9.69 Å². The van der Waals surface area contributed by atoms with Gasteiger partial charge in [-0.15, -0.1) is 0 Å². The molecule has 0 unspecified atom stereocenters. The fourth-order valence-electron chi connectivity index (χ4n) is 2.95. The zero-order valence-electron chi connectivity index (χ0n) is 14.2. The highest BCUT2D eigenvalue weighted by atomic mass is 16.5. The zero-order chi connectivity index (χ0) is 17.1. The van der Waals surface area contributed by atoms with Crippen molar-refractivity contribution < 1.29 is 18.5 Å². The lowest BCUT2D eigenvalue weighted by Gasteiger charge is -2.38. The van der Waals surface area contributed by atoms with Crippen molar-refractivity contribution in [2.45, 2.75) is 39.0 Å². The van der Waals surface area contributed by atoms with Crippen LogP contribution in [0.1, 0.15) is 31.3 Å². The number of carbonyl (C=O) groups is 1.